The van der Waals surface area contributed by atoms with E-state index in [9.17, 15) is 4.39 Å². The maximum absolute atomic E-state index is 14.2. The topological polar surface area (TPSA) is 87.9 Å². The van der Waals surface area contributed by atoms with Crippen molar-refractivity contribution in [3.8, 4) is 0 Å². The number of anilines is 2. The maximum atomic E-state index is 14.2. The summed E-state index contributed by atoms with van der Waals surface area (Å²) in [6.07, 6.45) is 5.75. The second kappa shape index (κ2) is 9.70. The number of rotatable bonds is 10. The molecular weight excluding hydrogens is 395 g/mol. The van der Waals surface area contributed by atoms with Gasteiger partial charge in [0.2, 0.25) is 5.13 Å². The average molecular weight is 417 g/mol. The van der Waals surface area contributed by atoms with Gasteiger partial charge in [-0.15, -0.1) is 0 Å². The van der Waals surface area contributed by atoms with Crippen LogP contribution in [0.1, 0.15) is 25.7 Å². The molecule has 26 heavy (non-hydrogen) atoms. The molecule has 142 valence electrons. The van der Waals surface area contributed by atoms with E-state index in [1.807, 2.05) is 0 Å². The maximum Gasteiger partial charge on any atom is 0.212 e. The molecule has 2 atom stereocenters. The highest BCUT2D eigenvalue weighted by molar-refractivity contribution is 8.00. The van der Waals surface area contributed by atoms with Crippen LogP contribution in [-0.4, -0.2) is 34.5 Å². The molecule has 1 aromatic carbocycles. The summed E-state index contributed by atoms with van der Waals surface area (Å²) in [7, 11) is 0. The van der Waals surface area contributed by atoms with Crippen molar-refractivity contribution in [3.63, 3.8) is 0 Å². The van der Waals surface area contributed by atoms with E-state index in [-0.39, 0.29) is 5.82 Å². The zero-order chi connectivity index (χ0) is 18.4. The Hall–Kier alpha value is -1.13. The number of hydrogen-bond acceptors (Lipinski definition) is 8. The highest BCUT2D eigenvalue weighted by atomic mass is 35.5. The SMILES string of the molecule is NC1CCC1NCCCCNc1cc(F)c(SNc2ncns2)cc1Cl. The van der Waals surface area contributed by atoms with E-state index >= 15 is 0 Å². The van der Waals surface area contributed by atoms with Crippen LogP contribution < -0.4 is 21.1 Å². The van der Waals surface area contributed by atoms with E-state index in [1.54, 1.807) is 6.07 Å². The van der Waals surface area contributed by atoms with E-state index < -0.39 is 0 Å². The molecule has 1 saturated carbocycles. The van der Waals surface area contributed by atoms with E-state index in [2.05, 4.69) is 24.7 Å². The Morgan fingerprint density at radius 3 is 2.85 bits per heavy atom. The summed E-state index contributed by atoms with van der Waals surface area (Å²) < 4.78 is 21.1. The minimum absolute atomic E-state index is 0.313. The van der Waals surface area contributed by atoms with Crippen molar-refractivity contribution >= 4 is 45.9 Å². The highest BCUT2D eigenvalue weighted by Gasteiger charge is 2.25. The summed E-state index contributed by atoms with van der Waals surface area (Å²) in [5, 5.41) is 7.77. The van der Waals surface area contributed by atoms with Crippen molar-refractivity contribution in [1.82, 2.24) is 14.7 Å². The molecule has 5 N–H and O–H groups in total. The zero-order valence-corrected chi connectivity index (χ0v) is 16.6. The Bertz CT molecular complexity index is 702. The van der Waals surface area contributed by atoms with Crippen molar-refractivity contribution in [3.05, 3.63) is 29.3 Å². The fourth-order valence-electron chi connectivity index (χ4n) is 2.60. The van der Waals surface area contributed by atoms with Gasteiger partial charge >= 0.3 is 0 Å². The molecule has 0 radical (unpaired) electrons. The Balaban J connectivity index is 1.39. The molecule has 1 aliphatic rings. The van der Waals surface area contributed by atoms with Crippen LogP contribution in [0.15, 0.2) is 23.4 Å². The number of nitrogens with one attached hydrogen (secondary N) is 3. The van der Waals surface area contributed by atoms with Crippen molar-refractivity contribution in [1.29, 1.82) is 0 Å². The monoisotopic (exact) mass is 416 g/mol. The van der Waals surface area contributed by atoms with Gasteiger partial charge in [0.25, 0.3) is 0 Å². The summed E-state index contributed by atoms with van der Waals surface area (Å²) in [5.74, 6) is -0.334. The van der Waals surface area contributed by atoms with Gasteiger partial charge in [-0.1, -0.05) is 11.6 Å². The normalized spacial score (nSPS) is 19.2. The van der Waals surface area contributed by atoms with Crippen LogP contribution in [-0.2, 0) is 0 Å². The molecular formula is C16H22ClFN6S2. The van der Waals surface area contributed by atoms with Crippen LogP contribution in [0.5, 0.6) is 0 Å². The molecule has 0 amide bonds. The number of unbranched alkanes of at least 4 members (excludes halogenated alkanes) is 1. The molecule has 2 aromatic rings. The zero-order valence-electron chi connectivity index (χ0n) is 14.2. The molecule has 6 nitrogen and oxygen atoms in total. The van der Waals surface area contributed by atoms with Gasteiger partial charge in [0.1, 0.15) is 12.1 Å². The number of benzene rings is 1. The smallest absolute Gasteiger partial charge is 0.212 e. The quantitative estimate of drug-likeness (QED) is 0.346. The fourth-order valence-corrected chi connectivity index (χ4v) is 4.04. The predicted octanol–water partition coefficient (Wildman–Crippen LogP) is 3.72. The third-order valence-electron chi connectivity index (χ3n) is 4.28. The summed E-state index contributed by atoms with van der Waals surface area (Å²) in [5.41, 5.74) is 6.50. The molecule has 0 saturated heterocycles. The number of nitrogens with two attached hydrogens (primary N) is 1. The van der Waals surface area contributed by atoms with Gasteiger partial charge in [-0.25, -0.2) is 9.37 Å². The third-order valence-corrected chi connectivity index (χ3v) is 6.13. The number of aromatic nitrogens is 2. The van der Waals surface area contributed by atoms with Gasteiger partial charge in [0, 0.05) is 30.2 Å². The molecule has 1 fully saturated rings. The lowest BCUT2D eigenvalue weighted by molar-refractivity contribution is 0.285. The lowest BCUT2D eigenvalue weighted by Crippen LogP contribution is -2.53. The Labute approximate surface area is 165 Å². The largest absolute Gasteiger partial charge is 0.384 e. The van der Waals surface area contributed by atoms with Gasteiger partial charge in [-0.05, 0) is 56.3 Å². The lowest BCUT2D eigenvalue weighted by atomic mass is 9.87. The number of hydrogen-bond donors (Lipinski definition) is 4. The van der Waals surface area contributed by atoms with E-state index in [4.69, 9.17) is 17.3 Å². The number of halogens is 2. The van der Waals surface area contributed by atoms with Gasteiger partial charge in [-0.2, -0.15) is 4.37 Å². The van der Waals surface area contributed by atoms with Crippen LogP contribution in [0.4, 0.5) is 15.2 Å². The van der Waals surface area contributed by atoms with Gasteiger partial charge < -0.3 is 21.1 Å². The summed E-state index contributed by atoms with van der Waals surface area (Å²) in [6, 6.07) is 3.83. The first kappa shape index (κ1) is 19.6. The first-order valence-electron chi connectivity index (χ1n) is 8.55. The van der Waals surface area contributed by atoms with Gasteiger partial charge in [-0.3, -0.25) is 0 Å². The van der Waals surface area contributed by atoms with Crippen molar-refractivity contribution in [2.24, 2.45) is 5.73 Å². The second-order valence-corrected chi connectivity index (χ2v) is 8.18. The Morgan fingerprint density at radius 1 is 1.31 bits per heavy atom. The second-order valence-electron chi connectivity index (χ2n) is 6.15. The van der Waals surface area contributed by atoms with E-state index in [0.29, 0.717) is 32.8 Å². The van der Waals surface area contributed by atoms with Crippen LogP contribution in [0.25, 0.3) is 0 Å². The molecule has 1 aliphatic carbocycles. The summed E-state index contributed by atoms with van der Waals surface area (Å²) in [6.45, 7) is 1.70. The third kappa shape index (κ3) is 5.43. The number of nitrogens with zero attached hydrogens (tertiary/aromatic N) is 2. The minimum atomic E-state index is -0.334. The minimum Gasteiger partial charge on any atom is -0.384 e. The van der Waals surface area contributed by atoms with Gasteiger partial charge in [0.15, 0.2) is 0 Å². The Morgan fingerprint density at radius 2 is 2.15 bits per heavy atom. The molecule has 3 rings (SSSR count). The average Bonchev–Trinajstić information content (AvgIpc) is 3.14. The van der Waals surface area contributed by atoms with Crippen LogP contribution >= 0.6 is 35.1 Å². The predicted molar refractivity (Wildman–Crippen MR) is 108 cm³/mol. The van der Waals surface area contributed by atoms with E-state index in [0.717, 1.165) is 44.3 Å². The first-order chi connectivity index (χ1) is 12.6. The van der Waals surface area contributed by atoms with Crippen molar-refractivity contribution in [2.45, 2.75) is 42.7 Å². The van der Waals surface area contributed by atoms with Crippen LogP contribution in [0, 0.1) is 5.82 Å². The first-order valence-corrected chi connectivity index (χ1v) is 10.5. The fraction of sp³-hybridized carbons (Fsp3) is 0.500. The summed E-state index contributed by atoms with van der Waals surface area (Å²) in [4.78, 5) is 4.40. The van der Waals surface area contributed by atoms with E-state index in [1.165, 1.54) is 30.3 Å². The molecule has 0 aliphatic heterocycles. The van der Waals surface area contributed by atoms with Crippen LogP contribution in [0.2, 0.25) is 5.02 Å². The highest BCUT2D eigenvalue weighted by Crippen LogP contribution is 2.32. The lowest BCUT2D eigenvalue weighted by Gasteiger charge is -2.34. The molecule has 1 aromatic heterocycles. The molecule has 0 bridgehead atoms. The molecule has 2 unspecified atom stereocenters. The van der Waals surface area contributed by atoms with Gasteiger partial charge in [0.05, 0.1) is 15.6 Å². The van der Waals surface area contributed by atoms with Crippen molar-refractivity contribution in [2.75, 3.05) is 23.1 Å². The standard InChI is InChI=1S/C16H22ClFN6S2/c17-10-7-15(25-24-16-22-9-23-26-16)11(18)8-14(10)21-6-2-1-5-20-13-4-3-12(13)19/h7-9,12-13,20-21H,1-6,19H2,(H,22,23,24). The van der Waals surface area contributed by atoms with Crippen LogP contribution in [0.3, 0.4) is 0 Å². The molecule has 1 heterocycles. The van der Waals surface area contributed by atoms with Crippen molar-refractivity contribution < 1.29 is 4.39 Å². The summed E-state index contributed by atoms with van der Waals surface area (Å²) >= 11 is 8.60. The Kier molecular flexibility index (Phi) is 7.32. The molecule has 0 spiro atoms. The molecule has 10 heteroatoms.